The van der Waals surface area contributed by atoms with E-state index in [0.29, 0.717) is 23.4 Å². The highest BCUT2D eigenvalue weighted by atomic mass is 35.5. The lowest BCUT2D eigenvalue weighted by atomic mass is 9.79. The van der Waals surface area contributed by atoms with Gasteiger partial charge in [-0.1, -0.05) is 30.7 Å². The van der Waals surface area contributed by atoms with Crippen LogP contribution in [0.25, 0.3) is 0 Å². The molecule has 2 aliphatic rings. The zero-order chi connectivity index (χ0) is 21.8. The lowest BCUT2D eigenvalue weighted by Crippen LogP contribution is -2.39. The summed E-state index contributed by atoms with van der Waals surface area (Å²) >= 11 is 6.32. The Hall–Kier alpha value is -3.12. The average molecular weight is 436 g/mol. The minimum atomic E-state index is -0.718. The SMILES string of the molecule is CCCn1cc(N2C(=O)[C@@]3(Cc4ccc(C(=O)OC)cc4C3)c3ccc(Cl)cc32)cn1. The molecule has 7 heteroatoms. The van der Waals surface area contributed by atoms with E-state index < -0.39 is 5.41 Å². The van der Waals surface area contributed by atoms with Crippen molar-refractivity contribution in [2.75, 3.05) is 12.0 Å². The van der Waals surface area contributed by atoms with Gasteiger partial charge in [0.25, 0.3) is 0 Å². The van der Waals surface area contributed by atoms with Gasteiger partial charge < -0.3 is 4.74 Å². The van der Waals surface area contributed by atoms with Crippen molar-refractivity contribution >= 4 is 34.9 Å². The predicted octanol–water partition coefficient (Wildman–Crippen LogP) is 4.45. The van der Waals surface area contributed by atoms with Crippen LogP contribution in [-0.2, 0) is 34.3 Å². The molecule has 0 N–H and O–H groups in total. The number of carbonyl (C=O) groups excluding carboxylic acids is 2. The molecule has 0 radical (unpaired) electrons. The van der Waals surface area contributed by atoms with Crippen LogP contribution in [0.15, 0.2) is 48.8 Å². The van der Waals surface area contributed by atoms with Crippen molar-refractivity contribution in [3.8, 4) is 0 Å². The molecule has 1 aliphatic heterocycles. The van der Waals surface area contributed by atoms with Gasteiger partial charge in [-0.25, -0.2) is 4.79 Å². The molecule has 2 aromatic carbocycles. The second-order valence-electron chi connectivity index (χ2n) is 8.17. The van der Waals surface area contributed by atoms with Gasteiger partial charge >= 0.3 is 5.97 Å². The standard InChI is InChI=1S/C24H22ClN3O3/c1-3-8-27-14-19(13-26-27)28-21-10-18(25)6-7-20(21)24(23(28)30)11-16-5-4-15(22(29)31-2)9-17(16)12-24/h4-7,9-10,13-14H,3,8,11-12H2,1-2H3/t24-/m1/s1. The number of carbonyl (C=O) groups is 2. The summed E-state index contributed by atoms with van der Waals surface area (Å²) in [4.78, 5) is 27.7. The number of nitrogens with zero attached hydrogens (tertiary/aromatic N) is 3. The molecule has 1 aliphatic carbocycles. The summed E-state index contributed by atoms with van der Waals surface area (Å²) in [6.07, 6.45) is 5.70. The molecule has 0 unspecified atom stereocenters. The van der Waals surface area contributed by atoms with E-state index in [4.69, 9.17) is 16.3 Å². The quantitative estimate of drug-likeness (QED) is 0.568. The van der Waals surface area contributed by atoms with Crippen molar-refractivity contribution in [1.82, 2.24) is 9.78 Å². The van der Waals surface area contributed by atoms with E-state index in [1.54, 1.807) is 17.2 Å². The van der Waals surface area contributed by atoms with Gasteiger partial charge in [0, 0.05) is 17.8 Å². The highest BCUT2D eigenvalue weighted by Gasteiger charge is 2.54. The summed E-state index contributed by atoms with van der Waals surface area (Å²) in [7, 11) is 1.37. The lowest BCUT2D eigenvalue weighted by Gasteiger charge is -2.23. The smallest absolute Gasteiger partial charge is 0.337 e. The second-order valence-corrected chi connectivity index (χ2v) is 8.61. The molecule has 1 spiro atoms. The first-order valence-electron chi connectivity index (χ1n) is 10.3. The lowest BCUT2D eigenvalue weighted by molar-refractivity contribution is -0.122. The fraction of sp³-hybridized carbons (Fsp3) is 0.292. The summed E-state index contributed by atoms with van der Waals surface area (Å²) in [5.74, 6) is -0.365. The summed E-state index contributed by atoms with van der Waals surface area (Å²) < 4.78 is 6.71. The van der Waals surface area contributed by atoms with Crippen molar-refractivity contribution in [2.24, 2.45) is 0 Å². The number of benzene rings is 2. The number of hydrogen-bond donors (Lipinski definition) is 0. The van der Waals surface area contributed by atoms with E-state index in [1.807, 2.05) is 41.2 Å². The molecule has 1 aromatic heterocycles. The number of fused-ring (bicyclic) bond motifs is 3. The van der Waals surface area contributed by atoms with Crippen LogP contribution >= 0.6 is 11.6 Å². The minimum absolute atomic E-state index is 0.0108. The summed E-state index contributed by atoms with van der Waals surface area (Å²) in [5.41, 5.74) is 4.36. The van der Waals surface area contributed by atoms with E-state index in [2.05, 4.69) is 12.0 Å². The topological polar surface area (TPSA) is 64.4 Å². The largest absolute Gasteiger partial charge is 0.465 e. The molecular formula is C24H22ClN3O3. The van der Waals surface area contributed by atoms with E-state index in [-0.39, 0.29) is 11.9 Å². The monoisotopic (exact) mass is 435 g/mol. The highest BCUT2D eigenvalue weighted by Crippen LogP contribution is 2.52. The Bertz CT molecular complexity index is 1220. The van der Waals surface area contributed by atoms with E-state index in [1.165, 1.54) is 7.11 Å². The van der Waals surface area contributed by atoms with Crippen molar-refractivity contribution in [3.63, 3.8) is 0 Å². The van der Waals surface area contributed by atoms with Gasteiger partial charge in [0.1, 0.15) is 0 Å². The average Bonchev–Trinajstić information content (AvgIpc) is 3.43. The first kappa shape index (κ1) is 19.8. The first-order chi connectivity index (χ1) is 15.0. The third kappa shape index (κ3) is 2.97. The van der Waals surface area contributed by atoms with Crippen LogP contribution in [0.5, 0.6) is 0 Å². The number of aryl methyl sites for hydroxylation is 1. The van der Waals surface area contributed by atoms with Gasteiger partial charge in [0.15, 0.2) is 0 Å². The Morgan fingerprint density at radius 3 is 2.77 bits per heavy atom. The number of rotatable bonds is 4. The number of esters is 1. The fourth-order valence-corrected chi connectivity index (χ4v) is 5.04. The van der Waals surface area contributed by atoms with Crippen LogP contribution in [-0.4, -0.2) is 28.8 Å². The maximum Gasteiger partial charge on any atom is 0.337 e. The fourth-order valence-electron chi connectivity index (χ4n) is 4.87. The number of ether oxygens (including phenoxy) is 1. The van der Waals surface area contributed by atoms with Crippen molar-refractivity contribution < 1.29 is 14.3 Å². The van der Waals surface area contributed by atoms with E-state index in [0.717, 1.165) is 41.0 Å². The van der Waals surface area contributed by atoms with Crippen molar-refractivity contribution in [3.05, 3.63) is 76.1 Å². The van der Waals surface area contributed by atoms with Crippen molar-refractivity contribution in [1.29, 1.82) is 0 Å². The van der Waals surface area contributed by atoms with Gasteiger partial charge in [-0.05, 0) is 60.2 Å². The van der Waals surface area contributed by atoms with Crippen LogP contribution < -0.4 is 4.90 Å². The molecule has 5 rings (SSSR count). The zero-order valence-electron chi connectivity index (χ0n) is 17.4. The van der Waals surface area contributed by atoms with Crippen LogP contribution in [0.3, 0.4) is 0 Å². The minimum Gasteiger partial charge on any atom is -0.465 e. The van der Waals surface area contributed by atoms with Gasteiger partial charge in [-0.3, -0.25) is 14.4 Å². The number of aromatic nitrogens is 2. The van der Waals surface area contributed by atoms with Crippen LogP contribution in [0.4, 0.5) is 11.4 Å². The third-order valence-electron chi connectivity index (χ3n) is 6.27. The molecule has 1 amide bonds. The van der Waals surface area contributed by atoms with Gasteiger partial charge in [0.05, 0.1) is 35.7 Å². The molecule has 6 nitrogen and oxygen atoms in total. The molecule has 1 atom stereocenters. The van der Waals surface area contributed by atoms with Gasteiger partial charge in [-0.2, -0.15) is 5.10 Å². The van der Waals surface area contributed by atoms with E-state index >= 15 is 0 Å². The first-order valence-corrected chi connectivity index (χ1v) is 10.7. The van der Waals surface area contributed by atoms with Gasteiger partial charge in [0.2, 0.25) is 5.91 Å². The third-order valence-corrected chi connectivity index (χ3v) is 6.51. The van der Waals surface area contributed by atoms with Crippen LogP contribution in [0, 0.1) is 0 Å². The Kier molecular flexibility index (Phi) is 4.63. The Balaban J connectivity index is 1.60. The molecule has 3 aromatic rings. The number of amides is 1. The summed E-state index contributed by atoms with van der Waals surface area (Å²) in [5, 5.41) is 5.00. The molecule has 0 fully saturated rings. The second kappa shape index (κ2) is 7.24. The summed E-state index contributed by atoms with van der Waals surface area (Å²) in [6, 6.07) is 11.2. The van der Waals surface area contributed by atoms with E-state index in [9.17, 15) is 9.59 Å². The molecule has 158 valence electrons. The molecule has 0 saturated carbocycles. The molecular weight excluding hydrogens is 414 g/mol. The van der Waals surface area contributed by atoms with Gasteiger partial charge in [-0.15, -0.1) is 0 Å². The summed E-state index contributed by atoms with van der Waals surface area (Å²) in [6.45, 7) is 2.88. The zero-order valence-corrected chi connectivity index (χ0v) is 18.1. The molecule has 31 heavy (non-hydrogen) atoms. The normalized spacial score (nSPS) is 19.1. The predicted molar refractivity (Wildman–Crippen MR) is 118 cm³/mol. The Labute approximate surface area is 185 Å². The number of anilines is 2. The van der Waals surface area contributed by atoms with Crippen LogP contribution in [0.2, 0.25) is 5.02 Å². The Morgan fingerprint density at radius 1 is 1.19 bits per heavy atom. The Morgan fingerprint density at radius 2 is 2.00 bits per heavy atom. The van der Waals surface area contributed by atoms with Crippen molar-refractivity contribution in [2.45, 2.75) is 38.1 Å². The molecule has 0 bridgehead atoms. The number of hydrogen-bond acceptors (Lipinski definition) is 4. The number of halogens is 1. The highest BCUT2D eigenvalue weighted by molar-refractivity contribution is 6.31. The van der Waals surface area contributed by atoms with Crippen LogP contribution in [0.1, 0.15) is 40.4 Å². The maximum absolute atomic E-state index is 14.0. The number of methoxy groups -OCH3 is 1. The maximum atomic E-state index is 14.0. The molecule has 2 heterocycles. The molecule has 0 saturated heterocycles.